The van der Waals surface area contributed by atoms with Crippen molar-refractivity contribution in [1.82, 2.24) is 0 Å². The molecule has 1 heterocycles. The zero-order valence-electron chi connectivity index (χ0n) is 18.4. The van der Waals surface area contributed by atoms with Crippen molar-refractivity contribution in [2.45, 2.75) is 11.8 Å². The van der Waals surface area contributed by atoms with E-state index >= 15 is 0 Å². The maximum absolute atomic E-state index is 13.1. The molecule has 178 valence electrons. The Morgan fingerprint density at radius 2 is 1.60 bits per heavy atom. The number of hydrogen-bond acceptors (Lipinski definition) is 6. The molecule has 4 aromatic rings. The first-order valence-corrected chi connectivity index (χ1v) is 12.7. The summed E-state index contributed by atoms with van der Waals surface area (Å²) >= 11 is 0.957. The minimum atomic E-state index is -4.01. The third kappa shape index (κ3) is 5.51. The van der Waals surface area contributed by atoms with Crippen LogP contribution in [0.4, 0.5) is 11.4 Å². The van der Waals surface area contributed by atoms with Gasteiger partial charge in [0.1, 0.15) is 16.4 Å². The molecule has 3 N–H and O–H groups in total. The number of carboxylic acids is 1. The van der Waals surface area contributed by atoms with Crippen molar-refractivity contribution >= 4 is 44.6 Å². The van der Waals surface area contributed by atoms with Crippen molar-refractivity contribution in [3.05, 3.63) is 100 Å². The standard InChI is InChI=1S/C25H20N2O6S2/c1-16-22(15-34-23(16)24(28)26-21-13-6-5-12-20(21)25(29)30)35(31,32)27-17-8-7-11-19(14-17)33-18-9-3-2-4-10-18/h2-15,27H,1H3,(H,26,28)(H,29,30). The Kier molecular flexibility index (Phi) is 6.85. The summed E-state index contributed by atoms with van der Waals surface area (Å²) in [5.41, 5.74) is 0.604. The van der Waals surface area contributed by atoms with Gasteiger partial charge in [0.15, 0.2) is 0 Å². The fourth-order valence-electron chi connectivity index (χ4n) is 3.31. The normalized spacial score (nSPS) is 11.0. The molecule has 0 aliphatic heterocycles. The number of thiophene rings is 1. The van der Waals surface area contributed by atoms with E-state index in [0.717, 1.165) is 11.3 Å². The molecule has 0 saturated heterocycles. The van der Waals surface area contributed by atoms with Gasteiger partial charge in [-0.25, -0.2) is 13.2 Å². The Hall–Kier alpha value is -4.15. The first-order chi connectivity index (χ1) is 16.7. The number of hydrogen-bond donors (Lipinski definition) is 3. The predicted octanol–water partition coefficient (Wildman–Crippen LogP) is 5.60. The molecular formula is C25H20N2O6S2. The topological polar surface area (TPSA) is 122 Å². The largest absolute Gasteiger partial charge is 0.478 e. The maximum Gasteiger partial charge on any atom is 0.337 e. The highest BCUT2D eigenvalue weighted by atomic mass is 32.2. The van der Waals surface area contributed by atoms with E-state index in [1.165, 1.54) is 24.4 Å². The second-order valence-electron chi connectivity index (χ2n) is 7.41. The second kappa shape index (κ2) is 10.00. The van der Waals surface area contributed by atoms with Crippen LogP contribution in [0.15, 0.2) is 89.1 Å². The van der Waals surface area contributed by atoms with Gasteiger partial charge in [0.2, 0.25) is 0 Å². The molecule has 0 unspecified atom stereocenters. The molecule has 8 nitrogen and oxygen atoms in total. The number of rotatable bonds is 8. The van der Waals surface area contributed by atoms with Gasteiger partial charge in [0, 0.05) is 11.4 Å². The van der Waals surface area contributed by atoms with Crippen LogP contribution in [-0.2, 0) is 10.0 Å². The third-order valence-corrected chi connectivity index (χ3v) is 7.70. The Labute approximate surface area is 205 Å². The lowest BCUT2D eigenvalue weighted by Gasteiger charge is -2.11. The summed E-state index contributed by atoms with van der Waals surface area (Å²) in [4.78, 5) is 24.3. The molecule has 3 aromatic carbocycles. The number of sulfonamides is 1. The summed E-state index contributed by atoms with van der Waals surface area (Å²) < 4.78 is 34.4. The molecule has 0 saturated carbocycles. The van der Waals surface area contributed by atoms with Crippen molar-refractivity contribution in [1.29, 1.82) is 0 Å². The van der Waals surface area contributed by atoms with Gasteiger partial charge in [-0.3, -0.25) is 9.52 Å². The zero-order valence-corrected chi connectivity index (χ0v) is 20.0. The number of para-hydroxylation sites is 2. The number of aromatic carboxylic acids is 1. The Bertz CT molecular complexity index is 1500. The van der Waals surface area contributed by atoms with Crippen LogP contribution in [-0.4, -0.2) is 25.4 Å². The van der Waals surface area contributed by atoms with E-state index in [-0.39, 0.29) is 26.6 Å². The van der Waals surface area contributed by atoms with Crippen molar-refractivity contribution in [2.75, 3.05) is 10.0 Å². The van der Waals surface area contributed by atoms with Crippen molar-refractivity contribution < 1.29 is 27.9 Å². The van der Waals surface area contributed by atoms with Crippen LogP contribution >= 0.6 is 11.3 Å². The van der Waals surface area contributed by atoms with Crippen LogP contribution in [0.1, 0.15) is 25.6 Å². The Morgan fingerprint density at radius 1 is 0.914 bits per heavy atom. The number of carboxylic acid groups (broad SMARTS) is 1. The number of amides is 1. The van der Waals surface area contributed by atoms with Gasteiger partial charge in [0.25, 0.3) is 15.9 Å². The lowest BCUT2D eigenvalue weighted by Crippen LogP contribution is -2.16. The molecule has 0 fully saturated rings. The Morgan fingerprint density at radius 3 is 2.34 bits per heavy atom. The summed E-state index contributed by atoms with van der Waals surface area (Å²) in [6.45, 7) is 1.53. The highest BCUT2D eigenvalue weighted by molar-refractivity contribution is 7.93. The van der Waals surface area contributed by atoms with Crippen molar-refractivity contribution in [3.8, 4) is 11.5 Å². The molecule has 0 bridgehead atoms. The quantitative estimate of drug-likeness (QED) is 0.285. The zero-order chi connectivity index (χ0) is 25.0. The minimum absolute atomic E-state index is 0.0476. The number of benzene rings is 3. The predicted molar refractivity (Wildman–Crippen MR) is 134 cm³/mol. The van der Waals surface area contributed by atoms with Crippen LogP contribution in [0.2, 0.25) is 0 Å². The maximum atomic E-state index is 13.1. The van der Waals surface area contributed by atoms with Gasteiger partial charge in [-0.05, 0) is 48.9 Å². The molecular weight excluding hydrogens is 488 g/mol. The van der Waals surface area contributed by atoms with Crippen LogP contribution in [0, 0.1) is 6.92 Å². The van der Waals surface area contributed by atoms with Crippen LogP contribution in [0.3, 0.4) is 0 Å². The monoisotopic (exact) mass is 508 g/mol. The van der Waals surface area contributed by atoms with E-state index in [0.29, 0.717) is 17.2 Å². The van der Waals surface area contributed by atoms with Gasteiger partial charge in [-0.1, -0.05) is 36.4 Å². The molecule has 0 aliphatic carbocycles. The summed E-state index contributed by atoms with van der Waals surface area (Å²) in [5, 5.41) is 13.2. The van der Waals surface area contributed by atoms with Crippen molar-refractivity contribution in [2.24, 2.45) is 0 Å². The smallest absolute Gasteiger partial charge is 0.337 e. The lowest BCUT2D eigenvalue weighted by molar-refractivity contribution is 0.0698. The first-order valence-electron chi connectivity index (χ1n) is 10.3. The van der Waals surface area contributed by atoms with Crippen LogP contribution in [0.25, 0.3) is 0 Å². The van der Waals surface area contributed by atoms with E-state index in [1.807, 2.05) is 18.2 Å². The molecule has 1 amide bonds. The fourth-order valence-corrected chi connectivity index (χ4v) is 5.92. The van der Waals surface area contributed by atoms with Gasteiger partial charge in [-0.15, -0.1) is 11.3 Å². The second-order valence-corrected chi connectivity index (χ2v) is 9.94. The van der Waals surface area contributed by atoms with E-state index in [4.69, 9.17) is 4.74 Å². The minimum Gasteiger partial charge on any atom is -0.478 e. The van der Waals surface area contributed by atoms with Crippen LogP contribution in [0.5, 0.6) is 11.5 Å². The summed E-state index contributed by atoms with van der Waals surface area (Å²) in [5.74, 6) is -0.715. The number of nitrogens with one attached hydrogen (secondary N) is 2. The first kappa shape index (κ1) is 24.0. The summed E-state index contributed by atoms with van der Waals surface area (Å²) in [6.07, 6.45) is 0. The average molecular weight is 509 g/mol. The molecule has 0 aliphatic rings. The number of carbonyl (C=O) groups is 2. The van der Waals surface area contributed by atoms with Gasteiger partial charge < -0.3 is 15.2 Å². The van der Waals surface area contributed by atoms with E-state index in [2.05, 4.69) is 10.0 Å². The molecule has 10 heteroatoms. The summed E-state index contributed by atoms with van der Waals surface area (Å²) in [6, 6.07) is 21.6. The molecule has 1 aromatic heterocycles. The molecule has 0 atom stereocenters. The number of carbonyl (C=O) groups excluding carboxylic acids is 1. The molecule has 35 heavy (non-hydrogen) atoms. The number of ether oxygens (including phenoxy) is 1. The third-order valence-electron chi connectivity index (χ3n) is 4.96. The van der Waals surface area contributed by atoms with Gasteiger partial charge in [0.05, 0.1) is 21.8 Å². The fraction of sp³-hybridized carbons (Fsp3) is 0.0400. The van der Waals surface area contributed by atoms with Crippen LogP contribution < -0.4 is 14.8 Å². The van der Waals surface area contributed by atoms with Crippen molar-refractivity contribution in [3.63, 3.8) is 0 Å². The van der Waals surface area contributed by atoms with E-state index < -0.39 is 21.9 Å². The molecule has 0 spiro atoms. The van der Waals surface area contributed by atoms with E-state index in [9.17, 15) is 23.1 Å². The van der Waals surface area contributed by atoms with Gasteiger partial charge >= 0.3 is 5.97 Å². The SMILES string of the molecule is Cc1c(S(=O)(=O)Nc2cccc(Oc3ccccc3)c2)csc1C(=O)Nc1ccccc1C(=O)O. The summed E-state index contributed by atoms with van der Waals surface area (Å²) in [7, 11) is -4.01. The molecule has 0 radical (unpaired) electrons. The highest BCUT2D eigenvalue weighted by Gasteiger charge is 2.25. The average Bonchev–Trinajstić information content (AvgIpc) is 3.22. The highest BCUT2D eigenvalue weighted by Crippen LogP contribution is 2.30. The van der Waals surface area contributed by atoms with E-state index in [1.54, 1.807) is 48.5 Å². The molecule has 4 rings (SSSR count). The van der Waals surface area contributed by atoms with Gasteiger partial charge in [-0.2, -0.15) is 0 Å². The Balaban J connectivity index is 1.53. The lowest BCUT2D eigenvalue weighted by atomic mass is 10.1. The number of anilines is 2.